The number of carbonyl (C=O) groups excluding carboxylic acids is 1. The highest BCUT2D eigenvalue weighted by atomic mass is 16.3. The third-order valence-corrected chi connectivity index (χ3v) is 0.996. The summed E-state index contributed by atoms with van der Waals surface area (Å²) in [6.07, 6.45) is 1.51. The zero-order valence-electron chi connectivity index (χ0n) is 6.90. The van der Waals surface area contributed by atoms with E-state index >= 15 is 0 Å². The van der Waals surface area contributed by atoms with Crippen molar-refractivity contribution in [3.63, 3.8) is 0 Å². The van der Waals surface area contributed by atoms with Crippen LogP contribution in [-0.4, -0.2) is 16.5 Å². The van der Waals surface area contributed by atoms with Gasteiger partial charge in [-0.15, -0.1) is 0 Å². The summed E-state index contributed by atoms with van der Waals surface area (Å²) in [7, 11) is 0. The first-order valence-corrected chi connectivity index (χ1v) is 3.62. The number of aromatic hydroxyl groups is 2. The molecule has 0 radical (unpaired) electrons. The van der Waals surface area contributed by atoms with Crippen LogP contribution in [-0.2, 0) is 4.79 Å². The largest absolute Gasteiger partial charge is 0.508 e. The van der Waals surface area contributed by atoms with Gasteiger partial charge in [0.15, 0.2) is 0 Å². The third-order valence-electron chi connectivity index (χ3n) is 0.996. The monoisotopic (exact) mass is 168 g/mol. The van der Waals surface area contributed by atoms with Gasteiger partial charge in [-0.2, -0.15) is 0 Å². The van der Waals surface area contributed by atoms with Crippen LogP contribution in [0.25, 0.3) is 0 Å². The van der Waals surface area contributed by atoms with E-state index in [1.807, 2.05) is 6.92 Å². The number of hydrogen-bond acceptors (Lipinski definition) is 3. The fourth-order valence-corrected chi connectivity index (χ4v) is 0.493. The first-order chi connectivity index (χ1) is 5.70. The van der Waals surface area contributed by atoms with Crippen molar-refractivity contribution in [2.45, 2.75) is 13.3 Å². The summed E-state index contributed by atoms with van der Waals surface area (Å²) in [5, 5.41) is 17.3. The lowest BCUT2D eigenvalue weighted by atomic mass is 10.3. The van der Waals surface area contributed by atoms with E-state index in [1.54, 1.807) is 6.07 Å². The summed E-state index contributed by atoms with van der Waals surface area (Å²) < 4.78 is 0. The minimum absolute atomic E-state index is 0.0880. The van der Waals surface area contributed by atoms with Crippen LogP contribution in [0.1, 0.15) is 13.3 Å². The van der Waals surface area contributed by atoms with Crippen LogP contribution in [0.15, 0.2) is 24.3 Å². The van der Waals surface area contributed by atoms with E-state index in [9.17, 15) is 4.79 Å². The SMILES string of the molecule is CCC=O.Oc1cccc(O)c1. The van der Waals surface area contributed by atoms with Crippen LogP contribution in [0, 0.1) is 0 Å². The molecular weight excluding hydrogens is 156 g/mol. The molecule has 0 unspecified atom stereocenters. The van der Waals surface area contributed by atoms with E-state index in [0.717, 1.165) is 6.29 Å². The standard InChI is InChI=1S/C6H6O2.C3H6O/c7-5-2-1-3-6(8)4-5;1-2-3-4/h1-4,7-8H;3H,2H2,1H3. The number of phenolic OH excluding ortho intramolecular Hbond substituents is 2. The molecule has 0 spiro atoms. The number of hydrogen-bond donors (Lipinski definition) is 2. The minimum atomic E-state index is 0.0880. The molecule has 1 aromatic rings. The molecule has 1 aromatic carbocycles. The molecule has 0 saturated carbocycles. The number of aldehydes is 1. The molecule has 2 N–H and O–H groups in total. The van der Waals surface area contributed by atoms with Crippen LogP contribution in [0.4, 0.5) is 0 Å². The summed E-state index contributed by atoms with van der Waals surface area (Å²) in [6, 6.07) is 5.85. The van der Waals surface area contributed by atoms with Crippen molar-refractivity contribution in [2.75, 3.05) is 0 Å². The first-order valence-electron chi connectivity index (χ1n) is 3.62. The maximum Gasteiger partial charge on any atom is 0.119 e. The van der Waals surface area contributed by atoms with Gasteiger partial charge in [-0.05, 0) is 12.1 Å². The maximum atomic E-state index is 9.17. The van der Waals surface area contributed by atoms with E-state index in [4.69, 9.17) is 10.2 Å². The smallest absolute Gasteiger partial charge is 0.119 e. The second-order valence-electron chi connectivity index (χ2n) is 2.09. The van der Waals surface area contributed by atoms with Crippen molar-refractivity contribution >= 4 is 6.29 Å². The van der Waals surface area contributed by atoms with Crippen LogP contribution >= 0.6 is 0 Å². The second-order valence-corrected chi connectivity index (χ2v) is 2.09. The van der Waals surface area contributed by atoms with Crippen LogP contribution in [0.3, 0.4) is 0 Å². The molecule has 12 heavy (non-hydrogen) atoms. The number of rotatable bonds is 1. The topological polar surface area (TPSA) is 57.5 Å². The lowest BCUT2D eigenvalue weighted by Crippen LogP contribution is -1.61. The Hall–Kier alpha value is -1.51. The molecule has 0 aliphatic heterocycles. The average Bonchev–Trinajstić information content (AvgIpc) is 2.04. The van der Waals surface area contributed by atoms with Gasteiger partial charge in [0, 0.05) is 12.5 Å². The van der Waals surface area contributed by atoms with Crippen LogP contribution in [0.5, 0.6) is 11.5 Å². The summed E-state index contributed by atoms with van der Waals surface area (Å²) in [5.41, 5.74) is 0. The van der Waals surface area contributed by atoms with Crippen molar-refractivity contribution in [3.05, 3.63) is 24.3 Å². The van der Waals surface area contributed by atoms with E-state index < -0.39 is 0 Å². The molecular formula is C9H12O3. The highest BCUT2D eigenvalue weighted by Gasteiger charge is 1.85. The van der Waals surface area contributed by atoms with E-state index in [1.165, 1.54) is 18.2 Å². The van der Waals surface area contributed by atoms with Crippen molar-refractivity contribution in [2.24, 2.45) is 0 Å². The fourth-order valence-electron chi connectivity index (χ4n) is 0.493. The number of carbonyl (C=O) groups is 1. The number of benzene rings is 1. The van der Waals surface area contributed by atoms with Crippen molar-refractivity contribution in [3.8, 4) is 11.5 Å². The van der Waals surface area contributed by atoms with E-state index in [2.05, 4.69) is 0 Å². The Morgan fingerprint density at radius 2 is 1.75 bits per heavy atom. The molecule has 0 aromatic heterocycles. The van der Waals surface area contributed by atoms with Crippen molar-refractivity contribution < 1.29 is 15.0 Å². The second kappa shape index (κ2) is 6.22. The molecule has 0 heterocycles. The Balaban J connectivity index is 0.000000261. The van der Waals surface area contributed by atoms with Gasteiger partial charge in [0.2, 0.25) is 0 Å². The fraction of sp³-hybridized carbons (Fsp3) is 0.222. The predicted molar refractivity (Wildman–Crippen MR) is 46.1 cm³/mol. The average molecular weight is 168 g/mol. The first kappa shape index (κ1) is 10.5. The molecule has 3 heteroatoms. The predicted octanol–water partition coefficient (Wildman–Crippen LogP) is 1.69. The molecule has 0 aliphatic carbocycles. The van der Waals surface area contributed by atoms with Gasteiger partial charge in [-0.25, -0.2) is 0 Å². The summed E-state index contributed by atoms with van der Waals surface area (Å²) in [6.45, 7) is 1.81. The molecule has 0 atom stereocenters. The minimum Gasteiger partial charge on any atom is -0.508 e. The van der Waals surface area contributed by atoms with Gasteiger partial charge >= 0.3 is 0 Å². The highest BCUT2D eigenvalue weighted by molar-refractivity contribution is 5.48. The van der Waals surface area contributed by atoms with Crippen LogP contribution < -0.4 is 0 Å². The summed E-state index contributed by atoms with van der Waals surface area (Å²) >= 11 is 0. The third kappa shape index (κ3) is 5.29. The zero-order chi connectivity index (χ0) is 9.40. The van der Waals surface area contributed by atoms with Crippen molar-refractivity contribution in [1.82, 2.24) is 0 Å². The maximum absolute atomic E-state index is 9.17. The number of phenols is 2. The van der Waals surface area contributed by atoms with E-state index in [0.29, 0.717) is 6.42 Å². The molecule has 0 aliphatic rings. The normalized spacial score (nSPS) is 8.08. The van der Waals surface area contributed by atoms with Gasteiger partial charge < -0.3 is 15.0 Å². The molecule has 66 valence electrons. The Morgan fingerprint density at radius 1 is 1.33 bits per heavy atom. The quantitative estimate of drug-likeness (QED) is 0.627. The van der Waals surface area contributed by atoms with Gasteiger partial charge in [-0.1, -0.05) is 13.0 Å². The van der Waals surface area contributed by atoms with Crippen LogP contribution in [0.2, 0.25) is 0 Å². The molecule has 0 bridgehead atoms. The van der Waals surface area contributed by atoms with Gasteiger partial charge in [0.25, 0.3) is 0 Å². The molecule has 1 rings (SSSR count). The Kier molecular flexibility index (Phi) is 5.43. The molecule has 0 amide bonds. The highest BCUT2D eigenvalue weighted by Crippen LogP contribution is 2.14. The van der Waals surface area contributed by atoms with Gasteiger partial charge in [0.05, 0.1) is 0 Å². The molecule has 3 nitrogen and oxygen atoms in total. The van der Waals surface area contributed by atoms with Crippen molar-refractivity contribution in [1.29, 1.82) is 0 Å². The van der Waals surface area contributed by atoms with E-state index in [-0.39, 0.29) is 11.5 Å². The van der Waals surface area contributed by atoms with Gasteiger partial charge in [-0.3, -0.25) is 0 Å². The lowest BCUT2D eigenvalue weighted by molar-refractivity contribution is -0.107. The Labute approximate surface area is 71.3 Å². The molecule has 0 fully saturated rings. The summed E-state index contributed by atoms with van der Waals surface area (Å²) in [4.78, 5) is 9.17. The zero-order valence-corrected chi connectivity index (χ0v) is 6.90. The molecule has 0 saturated heterocycles. The Morgan fingerprint density at radius 3 is 1.92 bits per heavy atom. The lowest BCUT2D eigenvalue weighted by Gasteiger charge is -1.89. The Bertz CT molecular complexity index is 216. The van der Waals surface area contributed by atoms with Gasteiger partial charge in [0.1, 0.15) is 17.8 Å². The summed E-state index contributed by atoms with van der Waals surface area (Å²) in [5.74, 6) is 0.176.